The number of rotatable bonds is 4. The average molecular weight is 257 g/mol. The first-order chi connectivity index (χ1) is 7.93. The van der Waals surface area contributed by atoms with Crippen molar-refractivity contribution in [3.63, 3.8) is 0 Å². The second-order valence-corrected chi connectivity index (χ2v) is 5.49. The van der Waals surface area contributed by atoms with Gasteiger partial charge in [0.05, 0.1) is 5.56 Å². The molecular formula is C11H15NO4S. The Kier molecular flexibility index (Phi) is 4.51. The maximum absolute atomic E-state index is 11.7. The van der Waals surface area contributed by atoms with Crippen LogP contribution in [-0.2, 0) is 10.8 Å². The van der Waals surface area contributed by atoms with Gasteiger partial charge in [-0.3, -0.25) is 9.00 Å². The number of amides is 1. The molecule has 0 aromatic heterocycles. The van der Waals surface area contributed by atoms with Crippen LogP contribution in [0.25, 0.3) is 0 Å². The molecule has 17 heavy (non-hydrogen) atoms. The Hall–Kier alpha value is -1.56. The highest BCUT2D eigenvalue weighted by molar-refractivity contribution is 7.84. The maximum Gasteiger partial charge on any atom is 0.255 e. The lowest BCUT2D eigenvalue weighted by atomic mass is 10.1. The number of benzene rings is 1. The summed E-state index contributed by atoms with van der Waals surface area (Å²) in [6.07, 6.45) is 1.56. The summed E-state index contributed by atoms with van der Waals surface area (Å²) < 4.78 is 11.1. The van der Waals surface area contributed by atoms with Crippen LogP contribution in [0.4, 0.5) is 0 Å². The molecule has 94 valence electrons. The monoisotopic (exact) mass is 257 g/mol. The molecule has 2 atom stereocenters. The van der Waals surface area contributed by atoms with E-state index < -0.39 is 22.5 Å². The van der Waals surface area contributed by atoms with Crippen molar-refractivity contribution in [2.75, 3.05) is 12.8 Å². The van der Waals surface area contributed by atoms with Gasteiger partial charge in [-0.15, -0.1) is 0 Å². The van der Waals surface area contributed by atoms with Crippen molar-refractivity contribution < 1.29 is 19.2 Å². The Morgan fingerprint density at radius 3 is 2.71 bits per heavy atom. The molecule has 6 heteroatoms. The van der Waals surface area contributed by atoms with E-state index in [4.69, 9.17) is 0 Å². The maximum atomic E-state index is 11.7. The molecule has 1 rings (SSSR count). The van der Waals surface area contributed by atoms with Gasteiger partial charge >= 0.3 is 0 Å². The van der Waals surface area contributed by atoms with Crippen LogP contribution < -0.4 is 5.32 Å². The number of aromatic hydroxyl groups is 2. The average Bonchev–Trinajstić information content (AvgIpc) is 2.29. The zero-order chi connectivity index (χ0) is 13.0. The van der Waals surface area contributed by atoms with Gasteiger partial charge in [-0.05, 0) is 19.1 Å². The van der Waals surface area contributed by atoms with Crippen molar-refractivity contribution >= 4 is 16.7 Å². The molecule has 0 radical (unpaired) electrons. The van der Waals surface area contributed by atoms with Gasteiger partial charge in [0.15, 0.2) is 11.5 Å². The van der Waals surface area contributed by atoms with Crippen molar-refractivity contribution in [3.05, 3.63) is 23.8 Å². The third kappa shape index (κ3) is 3.45. The number of hydrogen-bond acceptors (Lipinski definition) is 4. The topological polar surface area (TPSA) is 86.6 Å². The van der Waals surface area contributed by atoms with E-state index in [1.807, 2.05) is 0 Å². The van der Waals surface area contributed by atoms with E-state index in [9.17, 15) is 19.2 Å². The second kappa shape index (κ2) is 5.67. The smallest absolute Gasteiger partial charge is 0.255 e. The van der Waals surface area contributed by atoms with Crippen molar-refractivity contribution in [1.82, 2.24) is 5.32 Å². The summed E-state index contributed by atoms with van der Waals surface area (Å²) in [5.74, 6) is -1.30. The van der Waals surface area contributed by atoms with Crippen LogP contribution in [0.1, 0.15) is 17.3 Å². The van der Waals surface area contributed by atoms with Gasteiger partial charge in [0.1, 0.15) is 0 Å². The van der Waals surface area contributed by atoms with Crippen LogP contribution in [0.2, 0.25) is 0 Å². The number of para-hydroxylation sites is 1. The SMILES string of the molecule is CC(CNC(=O)c1cccc(O)c1O)S(C)=O. The first kappa shape index (κ1) is 13.5. The Morgan fingerprint density at radius 1 is 1.47 bits per heavy atom. The Balaban J connectivity index is 2.71. The third-order valence-electron chi connectivity index (χ3n) is 2.38. The molecule has 1 aromatic carbocycles. The fourth-order valence-electron chi connectivity index (χ4n) is 1.16. The number of phenolic OH excluding ortho intramolecular Hbond substituents is 2. The van der Waals surface area contributed by atoms with Gasteiger partial charge in [0.25, 0.3) is 5.91 Å². The van der Waals surface area contributed by atoms with Gasteiger partial charge in [-0.25, -0.2) is 0 Å². The summed E-state index contributed by atoms with van der Waals surface area (Å²) in [6.45, 7) is 2.00. The summed E-state index contributed by atoms with van der Waals surface area (Å²) in [5.41, 5.74) is -0.000847. The minimum absolute atomic E-state index is 0.000847. The molecule has 2 unspecified atom stereocenters. The number of carbonyl (C=O) groups is 1. The van der Waals surface area contributed by atoms with Gasteiger partial charge in [0.2, 0.25) is 0 Å². The summed E-state index contributed by atoms with van der Waals surface area (Å²) in [6, 6.07) is 4.15. The Bertz CT molecular complexity index is 447. The highest BCUT2D eigenvalue weighted by atomic mass is 32.2. The number of hydrogen-bond donors (Lipinski definition) is 3. The fraction of sp³-hybridized carbons (Fsp3) is 0.364. The minimum Gasteiger partial charge on any atom is -0.504 e. The predicted molar refractivity (Wildman–Crippen MR) is 65.6 cm³/mol. The molecule has 5 nitrogen and oxygen atoms in total. The molecule has 0 fully saturated rings. The van der Waals surface area contributed by atoms with Crippen molar-refractivity contribution in [2.24, 2.45) is 0 Å². The van der Waals surface area contributed by atoms with Crippen LogP contribution in [-0.4, -0.2) is 38.4 Å². The third-order valence-corrected chi connectivity index (χ3v) is 3.68. The molecular weight excluding hydrogens is 242 g/mol. The van der Waals surface area contributed by atoms with E-state index in [2.05, 4.69) is 5.32 Å². The molecule has 0 aliphatic rings. The fourth-order valence-corrected chi connectivity index (χ4v) is 1.48. The molecule has 0 aliphatic carbocycles. The van der Waals surface area contributed by atoms with Crippen molar-refractivity contribution in [1.29, 1.82) is 0 Å². The van der Waals surface area contributed by atoms with Crippen LogP contribution in [0.15, 0.2) is 18.2 Å². The van der Waals surface area contributed by atoms with Crippen LogP contribution in [0.3, 0.4) is 0 Å². The summed E-state index contributed by atoms with van der Waals surface area (Å²) in [5, 5.41) is 21.1. The first-order valence-corrected chi connectivity index (χ1v) is 6.67. The van der Waals surface area contributed by atoms with Crippen LogP contribution in [0, 0.1) is 0 Å². The van der Waals surface area contributed by atoms with E-state index in [0.717, 1.165) is 0 Å². The van der Waals surface area contributed by atoms with Gasteiger partial charge in [0, 0.05) is 28.9 Å². The first-order valence-electron chi connectivity index (χ1n) is 5.05. The Morgan fingerprint density at radius 2 is 2.12 bits per heavy atom. The van der Waals surface area contributed by atoms with E-state index >= 15 is 0 Å². The van der Waals surface area contributed by atoms with Crippen LogP contribution in [0.5, 0.6) is 11.5 Å². The minimum atomic E-state index is -1.02. The van der Waals surface area contributed by atoms with Crippen molar-refractivity contribution in [3.8, 4) is 11.5 Å². The Labute approximate surface area is 102 Å². The summed E-state index contributed by atoms with van der Waals surface area (Å²) in [4.78, 5) is 11.7. The van der Waals surface area contributed by atoms with Gasteiger partial charge in [-0.1, -0.05) is 6.07 Å². The molecule has 0 aliphatic heterocycles. The van der Waals surface area contributed by atoms with Gasteiger partial charge < -0.3 is 15.5 Å². The summed E-state index contributed by atoms with van der Waals surface area (Å²) in [7, 11) is -1.02. The zero-order valence-corrected chi connectivity index (χ0v) is 10.5. The molecule has 0 heterocycles. The quantitative estimate of drug-likeness (QED) is 0.689. The molecule has 0 spiro atoms. The van der Waals surface area contributed by atoms with E-state index in [1.54, 1.807) is 13.2 Å². The van der Waals surface area contributed by atoms with Gasteiger partial charge in [-0.2, -0.15) is 0 Å². The lowest BCUT2D eigenvalue weighted by molar-refractivity contribution is 0.0950. The lowest BCUT2D eigenvalue weighted by Gasteiger charge is -2.11. The standard InChI is InChI=1S/C11H15NO4S/c1-7(17(2)16)6-12-11(15)8-4-3-5-9(13)10(8)14/h3-5,7,13-14H,6H2,1-2H3,(H,12,15). The van der Waals surface area contributed by atoms with Crippen molar-refractivity contribution in [2.45, 2.75) is 12.2 Å². The zero-order valence-electron chi connectivity index (χ0n) is 9.64. The van der Waals surface area contributed by atoms with E-state index in [1.165, 1.54) is 18.2 Å². The molecule has 0 saturated heterocycles. The number of phenols is 2. The lowest BCUT2D eigenvalue weighted by Crippen LogP contribution is -2.32. The largest absolute Gasteiger partial charge is 0.504 e. The van der Waals surface area contributed by atoms with Crippen LogP contribution >= 0.6 is 0 Å². The van der Waals surface area contributed by atoms with E-state index in [0.29, 0.717) is 0 Å². The molecule has 1 amide bonds. The molecule has 1 aromatic rings. The number of nitrogens with one attached hydrogen (secondary N) is 1. The second-order valence-electron chi connectivity index (χ2n) is 3.69. The van der Waals surface area contributed by atoms with E-state index in [-0.39, 0.29) is 23.1 Å². The highest BCUT2D eigenvalue weighted by Gasteiger charge is 2.15. The number of carbonyl (C=O) groups excluding carboxylic acids is 1. The normalized spacial score (nSPS) is 14.0. The molecule has 0 bridgehead atoms. The predicted octanol–water partition coefficient (Wildman–Crippen LogP) is 0.595. The molecule has 0 saturated carbocycles. The highest BCUT2D eigenvalue weighted by Crippen LogP contribution is 2.27. The molecule has 3 N–H and O–H groups in total. The summed E-state index contributed by atoms with van der Waals surface area (Å²) >= 11 is 0.